The number of halogens is 1. The molecule has 0 atom stereocenters. The Hall–Kier alpha value is -2.14. The van der Waals surface area contributed by atoms with Crippen LogP contribution in [0.3, 0.4) is 0 Å². The lowest BCUT2D eigenvalue weighted by Crippen LogP contribution is -2.34. The molecule has 0 saturated heterocycles. The van der Waals surface area contributed by atoms with E-state index < -0.39 is 0 Å². The molecule has 0 unspecified atom stereocenters. The van der Waals surface area contributed by atoms with Gasteiger partial charge in [-0.3, -0.25) is 14.2 Å². The summed E-state index contributed by atoms with van der Waals surface area (Å²) in [4.78, 5) is 29.6. The first-order valence-electron chi connectivity index (χ1n) is 8.11. The summed E-state index contributed by atoms with van der Waals surface area (Å²) in [5.41, 5.74) is 3.14. The van der Waals surface area contributed by atoms with E-state index in [9.17, 15) is 9.59 Å². The Kier molecular flexibility index (Phi) is 4.71. The molecule has 5 nitrogen and oxygen atoms in total. The van der Waals surface area contributed by atoms with Crippen molar-refractivity contribution in [1.82, 2.24) is 9.55 Å². The lowest BCUT2D eigenvalue weighted by atomic mass is 9.97. The molecule has 1 aromatic carbocycles. The molecule has 6 heteroatoms. The number of nitrogens with zero attached hydrogens (tertiary/aromatic N) is 2. The fourth-order valence-corrected chi connectivity index (χ4v) is 3.23. The van der Waals surface area contributed by atoms with Gasteiger partial charge in [0, 0.05) is 16.3 Å². The van der Waals surface area contributed by atoms with Crippen LogP contribution in [0.25, 0.3) is 0 Å². The van der Waals surface area contributed by atoms with Crippen molar-refractivity contribution in [2.24, 2.45) is 0 Å². The first kappa shape index (κ1) is 16.7. The molecule has 1 aliphatic rings. The third-order valence-corrected chi connectivity index (χ3v) is 4.64. The molecule has 1 aromatic heterocycles. The number of fused-ring (bicyclic) bond motifs is 1. The second kappa shape index (κ2) is 6.77. The van der Waals surface area contributed by atoms with Crippen LogP contribution in [-0.2, 0) is 24.2 Å². The van der Waals surface area contributed by atoms with Crippen molar-refractivity contribution >= 4 is 23.2 Å². The highest BCUT2D eigenvalue weighted by atomic mass is 35.5. The molecule has 0 spiro atoms. The lowest BCUT2D eigenvalue weighted by molar-refractivity contribution is -0.116. The largest absolute Gasteiger partial charge is 0.324 e. The molecule has 0 bridgehead atoms. The van der Waals surface area contributed by atoms with Gasteiger partial charge in [-0.25, -0.2) is 4.98 Å². The van der Waals surface area contributed by atoms with Gasteiger partial charge in [-0.05, 0) is 57.2 Å². The van der Waals surface area contributed by atoms with Gasteiger partial charge in [-0.2, -0.15) is 0 Å². The number of hydrogen-bond acceptors (Lipinski definition) is 3. The van der Waals surface area contributed by atoms with Crippen LogP contribution in [0.4, 0.5) is 5.69 Å². The van der Waals surface area contributed by atoms with Gasteiger partial charge in [0.15, 0.2) is 0 Å². The van der Waals surface area contributed by atoms with Gasteiger partial charge in [0.05, 0.1) is 5.69 Å². The Morgan fingerprint density at radius 2 is 2.04 bits per heavy atom. The van der Waals surface area contributed by atoms with Crippen molar-refractivity contribution in [2.45, 2.75) is 46.1 Å². The smallest absolute Gasteiger partial charge is 0.257 e. The number of carbonyl (C=O) groups excluding carboxylic acids is 1. The SMILES string of the molecule is Cc1ccc(Cl)cc1NC(=O)Cn1c(C)nc2c(c1=O)CCCC2. The van der Waals surface area contributed by atoms with Gasteiger partial charge in [0.1, 0.15) is 12.4 Å². The third kappa shape index (κ3) is 3.36. The third-order valence-electron chi connectivity index (χ3n) is 4.40. The van der Waals surface area contributed by atoms with Crippen LogP contribution < -0.4 is 10.9 Å². The molecule has 0 aliphatic heterocycles. The summed E-state index contributed by atoms with van der Waals surface area (Å²) in [6.45, 7) is 3.62. The van der Waals surface area contributed by atoms with Crippen LogP contribution >= 0.6 is 11.6 Å². The highest BCUT2D eigenvalue weighted by Gasteiger charge is 2.19. The number of hydrogen-bond donors (Lipinski definition) is 1. The number of rotatable bonds is 3. The van der Waals surface area contributed by atoms with Crippen molar-refractivity contribution in [1.29, 1.82) is 0 Å². The minimum absolute atomic E-state index is 0.0447. The Labute approximate surface area is 145 Å². The van der Waals surface area contributed by atoms with Crippen LogP contribution in [0.2, 0.25) is 5.02 Å². The van der Waals surface area contributed by atoms with Crippen molar-refractivity contribution in [3.05, 3.63) is 56.2 Å². The first-order chi connectivity index (χ1) is 11.5. The number of nitrogens with one attached hydrogen (secondary N) is 1. The number of amides is 1. The molecule has 1 heterocycles. The fraction of sp³-hybridized carbons (Fsp3) is 0.389. The van der Waals surface area contributed by atoms with E-state index in [1.54, 1.807) is 19.1 Å². The molecule has 0 radical (unpaired) electrons. The molecule has 0 saturated carbocycles. The molecule has 2 aromatic rings. The fourth-order valence-electron chi connectivity index (χ4n) is 3.06. The quantitative estimate of drug-likeness (QED) is 0.930. The van der Waals surface area contributed by atoms with Crippen LogP contribution in [0.5, 0.6) is 0 Å². The average Bonchev–Trinajstić information content (AvgIpc) is 2.55. The Balaban J connectivity index is 1.84. The number of anilines is 1. The maximum absolute atomic E-state index is 12.7. The molecular weight excluding hydrogens is 326 g/mol. The van der Waals surface area contributed by atoms with E-state index in [0.29, 0.717) is 16.5 Å². The Morgan fingerprint density at radius 1 is 1.29 bits per heavy atom. The van der Waals surface area contributed by atoms with Gasteiger partial charge in [0.25, 0.3) is 5.56 Å². The lowest BCUT2D eigenvalue weighted by Gasteiger charge is -2.18. The second-order valence-corrected chi connectivity index (χ2v) is 6.63. The van der Waals surface area contributed by atoms with E-state index >= 15 is 0 Å². The maximum atomic E-state index is 12.7. The molecule has 0 fully saturated rings. The minimum Gasteiger partial charge on any atom is -0.324 e. The minimum atomic E-state index is -0.261. The molecule has 126 valence electrons. The van der Waals surface area contributed by atoms with Crippen LogP contribution in [0.15, 0.2) is 23.0 Å². The van der Waals surface area contributed by atoms with Crippen LogP contribution in [0.1, 0.15) is 35.5 Å². The zero-order valence-corrected chi connectivity index (χ0v) is 14.6. The highest BCUT2D eigenvalue weighted by molar-refractivity contribution is 6.31. The number of benzene rings is 1. The van der Waals surface area contributed by atoms with Gasteiger partial charge >= 0.3 is 0 Å². The zero-order valence-electron chi connectivity index (χ0n) is 13.9. The predicted molar refractivity (Wildman–Crippen MR) is 94.7 cm³/mol. The number of carbonyl (C=O) groups is 1. The van der Waals surface area contributed by atoms with Gasteiger partial charge in [0.2, 0.25) is 5.91 Å². The summed E-state index contributed by atoms with van der Waals surface area (Å²) in [7, 11) is 0. The maximum Gasteiger partial charge on any atom is 0.257 e. The van der Waals surface area contributed by atoms with Crippen molar-refractivity contribution in [3.63, 3.8) is 0 Å². The number of aryl methyl sites for hydroxylation is 3. The van der Waals surface area contributed by atoms with E-state index in [1.165, 1.54) is 4.57 Å². The normalized spacial score (nSPS) is 13.5. The van der Waals surface area contributed by atoms with Crippen molar-refractivity contribution in [2.75, 3.05) is 5.32 Å². The standard InChI is InChI=1S/C18H20ClN3O2/c1-11-7-8-13(19)9-16(11)21-17(23)10-22-12(2)20-15-6-4-3-5-14(15)18(22)24/h7-9H,3-6,10H2,1-2H3,(H,21,23). The summed E-state index contributed by atoms with van der Waals surface area (Å²) in [6.07, 6.45) is 3.66. The van der Waals surface area contributed by atoms with E-state index in [-0.39, 0.29) is 18.0 Å². The topological polar surface area (TPSA) is 64.0 Å². The average molecular weight is 346 g/mol. The van der Waals surface area contributed by atoms with Crippen molar-refractivity contribution in [3.8, 4) is 0 Å². The molecule has 24 heavy (non-hydrogen) atoms. The summed E-state index contributed by atoms with van der Waals surface area (Å²) in [5, 5.41) is 3.38. The summed E-state index contributed by atoms with van der Waals surface area (Å²) in [5.74, 6) is 0.321. The van der Waals surface area contributed by atoms with E-state index in [2.05, 4.69) is 10.3 Å². The Bertz CT molecular complexity index is 858. The van der Waals surface area contributed by atoms with Crippen LogP contribution in [-0.4, -0.2) is 15.5 Å². The molecule has 1 N–H and O–H groups in total. The van der Waals surface area contributed by atoms with Gasteiger partial charge in [-0.15, -0.1) is 0 Å². The zero-order chi connectivity index (χ0) is 17.3. The second-order valence-electron chi connectivity index (χ2n) is 6.19. The van der Waals surface area contributed by atoms with E-state index in [0.717, 1.165) is 42.5 Å². The molecule has 1 amide bonds. The Morgan fingerprint density at radius 3 is 2.83 bits per heavy atom. The molecule has 3 rings (SSSR count). The van der Waals surface area contributed by atoms with Gasteiger partial charge < -0.3 is 5.32 Å². The van der Waals surface area contributed by atoms with E-state index in [1.807, 2.05) is 13.0 Å². The molecular formula is C18H20ClN3O2. The van der Waals surface area contributed by atoms with E-state index in [4.69, 9.17) is 11.6 Å². The van der Waals surface area contributed by atoms with Crippen LogP contribution in [0, 0.1) is 13.8 Å². The first-order valence-corrected chi connectivity index (χ1v) is 8.48. The molecule has 1 aliphatic carbocycles. The van der Waals surface area contributed by atoms with Crippen molar-refractivity contribution < 1.29 is 4.79 Å². The summed E-state index contributed by atoms with van der Waals surface area (Å²) in [6, 6.07) is 5.32. The van der Waals surface area contributed by atoms with Gasteiger partial charge in [-0.1, -0.05) is 17.7 Å². The summed E-state index contributed by atoms with van der Waals surface area (Å²) < 4.78 is 1.46. The number of aromatic nitrogens is 2. The highest BCUT2D eigenvalue weighted by Crippen LogP contribution is 2.20. The monoisotopic (exact) mass is 345 g/mol. The summed E-state index contributed by atoms with van der Waals surface area (Å²) >= 11 is 5.97. The predicted octanol–water partition coefficient (Wildman–Crippen LogP) is 3.03.